The number of nitrogens with two attached hydrogens (primary N) is 1. The summed E-state index contributed by atoms with van der Waals surface area (Å²) in [6, 6.07) is 15.6. The van der Waals surface area contributed by atoms with E-state index in [0.717, 1.165) is 13.0 Å². The average molecular weight is 252 g/mol. The summed E-state index contributed by atoms with van der Waals surface area (Å²) in [5.74, 6) is 0. The van der Waals surface area contributed by atoms with Crippen LogP contribution in [0.15, 0.2) is 42.5 Å². The monoisotopic (exact) mass is 252 g/mol. The Hall–Kier alpha value is -1.80. The van der Waals surface area contributed by atoms with Crippen LogP contribution in [0.5, 0.6) is 0 Å². The van der Waals surface area contributed by atoms with E-state index in [2.05, 4.69) is 60.9 Å². The molecule has 1 unspecified atom stereocenters. The molecule has 0 spiro atoms. The van der Waals surface area contributed by atoms with Crippen LogP contribution in [0.2, 0.25) is 0 Å². The second kappa shape index (κ2) is 4.71. The van der Waals surface area contributed by atoms with Crippen molar-refractivity contribution in [3.05, 3.63) is 48.0 Å². The molecule has 0 fully saturated rings. The molecule has 2 heteroatoms. The fourth-order valence-electron chi connectivity index (χ4n) is 2.94. The second-order valence-electron chi connectivity index (χ2n) is 5.29. The molecule has 2 aromatic carbocycles. The summed E-state index contributed by atoms with van der Waals surface area (Å²) in [7, 11) is 0. The van der Waals surface area contributed by atoms with E-state index in [0.29, 0.717) is 0 Å². The molecule has 98 valence electrons. The Bertz CT molecular complexity index is 723. The van der Waals surface area contributed by atoms with E-state index in [1.807, 2.05) is 0 Å². The van der Waals surface area contributed by atoms with Crippen molar-refractivity contribution in [2.75, 3.05) is 0 Å². The minimum atomic E-state index is 0.206. The van der Waals surface area contributed by atoms with E-state index in [1.54, 1.807) is 0 Å². The molecule has 19 heavy (non-hydrogen) atoms. The van der Waals surface area contributed by atoms with Crippen LogP contribution < -0.4 is 5.73 Å². The Kier molecular flexibility index (Phi) is 3.03. The van der Waals surface area contributed by atoms with Gasteiger partial charge >= 0.3 is 0 Å². The van der Waals surface area contributed by atoms with Gasteiger partial charge in [0.2, 0.25) is 0 Å². The zero-order valence-electron chi connectivity index (χ0n) is 11.6. The van der Waals surface area contributed by atoms with Gasteiger partial charge in [-0.3, -0.25) is 0 Å². The van der Waals surface area contributed by atoms with Crippen LogP contribution in [0, 0.1) is 0 Å². The second-order valence-corrected chi connectivity index (χ2v) is 5.29. The van der Waals surface area contributed by atoms with Gasteiger partial charge < -0.3 is 10.3 Å². The summed E-state index contributed by atoms with van der Waals surface area (Å²) in [4.78, 5) is 0. The third kappa shape index (κ3) is 2.02. The van der Waals surface area contributed by atoms with Crippen LogP contribution in [-0.2, 0) is 13.0 Å². The number of fused-ring (bicyclic) bond motifs is 3. The number of hydrogen-bond acceptors (Lipinski definition) is 1. The molecule has 2 nitrogen and oxygen atoms in total. The first-order chi connectivity index (χ1) is 9.20. The Morgan fingerprint density at radius 1 is 1.05 bits per heavy atom. The molecule has 3 aromatic rings. The molecule has 0 amide bonds. The highest BCUT2D eigenvalue weighted by atomic mass is 15.0. The maximum absolute atomic E-state index is 5.91. The molecular weight excluding hydrogens is 232 g/mol. The van der Waals surface area contributed by atoms with Crippen molar-refractivity contribution in [3.8, 4) is 0 Å². The van der Waals surface area contributed by atoms with Gasteiger partial charge in [0.1, 0.15) is 0 Å². The molecule has 1 aromatic heterocycles. The topological polar surface area (TPSA) is 30.9 Å². The number of aryl methyl sites for hydroxylation is 1. The van der Waals surface area contributed by atoms with E-state index < -0.39 is 0 Å². The van der Waals surface area contributed by atoms with E-state index in [-0.39, 0.29) is 6.04 Å². The Morgan fingerprint density at radius 2 is 1.79 bits per heavy atom. The smallest absolute Gasteiger partial charge is 0.0491 e. The van der Waals surface area contributed by atoms with Crippen LogP contribution in [0.3, 0.4) is 0 Å². The number of rotatable bonds is 3. The van der Waals surface area contributed by atoms with Gasteiger partial charge in [-0.15, -0.1) is 0 Å². The number of hydrogen-bond donors (Lipinski definition) is 1. The van der Waals surface area contributed by atoms with Crippen molar-refractivity contribution < 1.29 is 0 Å². The molecule has 3 rings (SSSR count). The predicted octanol–water partition coefficient (Wildman–Crippen LogP) is 3.70. The molecular formula is C17H20N2. The van der Waals surface area contributed by atoms with E-state index in [4.69, 9.17) is 5.73 Å². The van der Waals surface area contributed by atoms with Crippen molar-refractivity contribution in [1.29, 1.82) is 0 Å². The SMILES string of the molecule is CCn1c2ccccc2c2cc(CC(C)N)ccc21. The number of nitrogens with zero attached hydrogens (tertiary/aromatic N) is 1. The van der Waals surface area contributed by atoms with E-state index in [9.17, 15) is 0 Å². The molecule has 0 radical (unpaired) electrons. The van der Waals surface area contributed by atoms with Gasteiger partial charge in [-0.2, -0.15) is 0 Å². The van der Waals surface area contributed by atoms with Crippen molar-refractivity contribution in [1.82, 2.24) is 4.57 Å². The highest BCUT2D eigenvalue weighted by Gasteiger charge is 2.09. The van der Waals surface area contributed by atoms with Crippen LogP contribution in [-0.4, -0.2) is 10.6 Å². The van der Waals surface area contributed by atoms with Crippen molar-refractivity contribution in [2.45, 2.75) is 32.9 Å². The van der Waals surface area contributed by atoms with Gasteiger partial charge in [0, 0.05) is 34.4 Å². The molecule has 1 heterocycles. The quantitative estimate of drug-likeness (QED) is 0.757. The normalized spacial score (nSPS) is 13.2. The van der Waals surface area contributed by atoms with Crippen LogP contribution in [0.4, 0.5) is 0 Å². The first kappa shape index (κ1) is 12.2. The van der Waals surface area contributed by atoms with Crippen molar-refractivity contribution >= 4 is 21.8 Å². The lowest BCUT2D eigenvalue weighted by molar-refractivity contribution is 0.738. The lowest BCUT2D eigenvalue weighted by Gasteiger charge is -2.06. The summed E-state index contributed by atoms with van der Waals surface area (Å²) >= 11 is 0. The predicted molar refractivity (Wildman–Crippen MR) is 82.5 cm³/mol. The molecule has 0 aliphatic rings. The lowest BCUT2D eigenvalue weighted by Crippen LogP contribution is -2.17. The summed E-state index contributed by atoms with van der Waals surface area (Å²) in [5.41, 5.74) is 9.86. The maximum atomic E-state index is 5.91. The molecule has 0 saturated carbocycles. The molecule has 0 aliphatic carbocycles. The van der Waals surface area contributed by atoms with Gasteiger partial charge in [0.05, 0.1) is 0 Å². The number of para-hydroxylation sites is 1. The van der Waals surface area contributed by atoms with Gasteiger partial charge in [-0.05, 0) is 44.0 Å². The van der Waals surface area contributed by atoms with Gasteiger partial charge in [0.15, 0.2) is 0 Å². The maximum Gasteiger partial charge on any atom is 0.0491 e. The first-order valence-electron chi connectivity index (χ1n) is 6.96. The van der Waals surface area contributed by atoms with E-state index in [1.165, 1.54) is 27.4 Å². The Labute approximate surface area is 113 Å². The minimum absolute atomic E-state index is 0.206. The zero-order valence-corrected chi connectivity index (χ0v) is 11.6. The average Bonchev–Trinajstić information content (AvgIpc) is 2.71. The third-order valence-electron chi connectivity index (χ3n) is 3.71. The highest BCUT2D eigenvalue weighted by molar-refractivity contribution is 6.08. The number of aromatic nitrogens is 1. The lowest BCUT2D eigenvalue weighted by atomic mass is 10.0. The van der Waals surface area contributed by atoms with Crippen LogP contribution in [0.25, 0.3) is 21.8 Å². The fraction of sp³-hybridized carbons (Fsp3) is 0.294. The highest BCUT2D eigenvalue weighted by Crippen LogP contribution is 2.29. The Balaban J connectivity index is 2.30. The fourth-order valence-corrected chi connectivity index (χ4v) is 2.94. The Morgan fingerprint density at radius 3 is 2.53 bits per heavy atom. The molecule has 0 saturated heterocycles. The molecule has 0 bridgehead atoms. The van der Waals surface area contributed by atoms with Crippen LogP contribution in [0.1, 0.15) is 19.4 Å². The summed E-state index contributed by atoms with van der Waals surface area (Å²) in [5, 5.41) is 2.68. The minimum Gasteiger partial charge on any atom is -0.341 e. The molecule has 0 aliphatic heterocycles. The molecule has 2 N–H and O–H groups in total. The summed E-state index contributed by atoms with van der Waals surface area (Å²) in [6.45, 7) is 5.25. The first-order valence-corrected chi connectivity index (χ1v) is 6.96. The molecule has 1 atom stereocenters. The summed E-state index contributed by atoms with van der Waals surface area (Å²) < 4.78 is 2.38. The van der Waals surface area contributed by atoms with Gasteiger partial charge in [-0.1, -0.05) is 24.3 Å². The van der Waals surface area contributed by atoms with Gasteiger partial charge in [-0.25, -0.2) is 0 Å². The zero-order chi connectivity index (χ0) is 13.4. The third-order valence-corrected chi connectivity index (χ3v) is 3.71. The van der Waals surface area contributed by atoms with Gasteiger partial charge in [0.25, 0.3) is 0 Å². The largest absolute Gasteiger partial charge is 0.341 e. The standard InChI is InChI=1S/C17H20N2/c1-3-19-16-7-5-4-6-14(16)15-11-13(10-12(2)18)8-9-17(15)19/h4-9,11-12H,3,10,18H2,1-2H3. The summed E-state index contributed by atoms with van der Waals surface area (Å²) in [6.07, 6.45) is 0.932. The van der Waals surface area contributed by atoms with E-state index >= 15 is 0 Å². The number of benzene rings is 2. The van der Waals surface area contributed by atoms with Crippen LogP contribution >= 0.6 is 0 Å². The van der Waals surface area contributed by atoms with Crippen molar-refractivity contribution in [3.63, 3.8) is 0 Å². The van der Waals surface area contributed by atoms with Crippen molar-refractivity contribution in [2.24, 2.45) is 5.73 Å².